The van der Waals surface area contributed by atoms with Gasteiger partial charge in [-0.05, 0) is 48.2 Å². The van der Waals surface area contributed by atoms with E-state index in [-0.39, 0.29) is 11.9 Å². The van der Waals surface area contributed by atoms with Crippen LogP contribution in [0.15, 0.2) is 48.5 Å². The number of halogens is 1. The lowest BCUT2D eigenvalue weighted by molar-refractivity contribution is -0.142. The Balaban J connectivity index is 1.77. The van der Waals surface area contributed by atoms with Crippen LogP contribution in [0.25, 0.3) is 0 Å². The van der Waals surface area contributed by atoms with Gasteiger partial charge in [-0.15, -0.1) is 0 Å². The topological polar surface area (TPSA) is 38.7 Å². The lowest BCUT2D eigenvalue weighted by atomic mass is 9.77. The molecule has 128 valence electrons. The fourth-order valence-corrected chi connectivity index (χ4v) is 3.35. The Morgan fingerprint density at radius 2 is 1.96 bits per heavy atom. The summed E-state index contributed by atoms with van der Waals surface area (Å²) in [6, 6.07) is 13.8. The fraction of sp³-hybridized carbons (Fsp3) is 0.400. The number of ether oxygens (including phenoxy) is 2. The summed E-state index contributed by atoms with van der Waals surface area (Å²) in [7, 11) is 1.62. The lowest BCUT2D eigenvalue weighted by Gasteiger charge is -2.40. The van der Waals surface area contributed by atoms with E-state index < -0.39 is 5.60 Å². The van der Waals surface area contributed by atoms with Crippen molar-refractivity contribution in [1.29, 1.82) is 0 Å². The Bertz CT molecular complexity index is 671. The summed E-state index contributed by atoms with van der Waals surface area (Å²) in [6.45, 7) is 0.358. The van der Waals surface area contributed by atoms with Crippen LogP contribution < -0.4 is 4.74 Å². The van der Waals surface area contributed by atoms with Crippen LogP contribution in [0, 0.1) is 5.82 Å². The van der Waals surface area contributed by atoms with Crippen molar-refractivity contribution in [3.8, 4) is 5.75 Å². The Morgan fingerprint density at radius 1 is 1.17 bits per heavy atom. The normalized spacial score (nSPS) is 23.9. The van der Waals surface area contributed by atoms with E-state index in [1.165, 1.54) is 12.1 Å². The molecule has 3 nitrogen and oxygen atoms in total. The molecule has 1 saturated carbocycles. The molecule has 1 fully saturated rings. The molecule has 2 aromatic carbocycles. The van der Waals surface area contributed by atoms with Gasteiger partial charge in [-0.2, -0.15) is 0 Å². The zero-order valence-corrected chi connectivity index (χ0v) is 13.9. The Morgan fingerprint density at radius 3 is 2.71 bits per heavy atom. The van der Waals surface area contributed by atoms with Crippen molar-refractivity contribution in [2.45, 2.75) is 44.0 Å². The number of aliphatic hydroxyl groups is 1. The average molecular weight is 330 g/mol. The maximum atomic E-state index is 13.0. The molecule has 0 spiro atoms. The van der Waals surface area contributed by atoms with Crippen LogP contribution in [-0.2, 0) is 16.9 Å². The van der Waals surface area contributed by atoms with Gasteiger partial charge in [-0.3, -0.25) is 0 Å². The average Bonchev–Trinajstić information content (AvgIpc) is 2.62. The van der Waals surface area contributed by atoms with Gasteiger partial charge in [0, 0.05) is 0 Å². The number of benzene rings is 2. The van der Waals surface area contributed by atoms with Crippen LogP contribution in [0.2, 0.25) is 0 Å². The third-order valence-electron chi connectivity index (χ3n) is 4.74. The largest absolute Gasteiger partial charge is 0.497 e. The monoisotopic (exact) mass is 330 g/mol. The van der Waals surface area contributed by atoms with E-state index in [1.54, 1.807) is 19.2 Å². The van der Waals surface area contributed by atoms with Crippen molar-refractivity contribution < 1.29 is 19.0 Å². The van der Waals surface area contributed by atoms with Crippen molar-refractivity contribution in [2.24, 2.45) is 0 Å². The van der Waals surface area contributed by atoms with E-state index in [1.807, 2.05) is 24.3 Å². The molecule has 2 atom stereocenters. The second-order valence-electron chi connectivity index (χ2n) is 6.33. The molecule has 0 amide bonds. The molecule has 2 aromatic rings. The Hall–Kier alpha value is -1.91. The molecule has 4 heteroatoms. The first-order valence-corrected chi connectivity index (χ1v) is 8.35. The van der Waals surface area contributed by atoms with Crippen LogP contribution in [0.4, 0.5) is 4.39 Å². The van der Waals surface area contributed by atoms with Gasteiger partial charge in [0.15, 0.2) is 0 Å². The van der Waals surface area contributed by atoms with E-state index in [4.69, 9.17) is 9.47 Å². The first-order valence-electron chi connectivity index (χ1n) is 8.35. The smallest absolute Gasteiger partial charge is 0.123 e. The van der Waals surface area contributed by atoms with Crippen molar-refractivity contribution in [2.75, 3.05) is 7.11 Å². The molecule has 0 aromatic heterocycles. The van der Waals surface area contributed by atoms with Crippen LogP contribution in [0.5, 0.6) is 5.75 Å². The van der Waals surface area contributed by atoms with Crippen molar-refractivity contribution in [1.82, 2.24) is 0 Å². The quantitative estimate of drug-likeness (QED) is 0.894. The molecule has 1 N–H and O–H groups in total. The number of hydrogen-bond donors (Lipinski definition) is 1. The molecule has 0 radical (unpaired) electrons. The molecule has 24 heavy (non-hydrogen) atoms. The first kappa shape index (κ1) is 16.9. The highest BCUT2D eigenvalue weighted by atomic mass is 19.1. The molecule has 1 aliphatic rings. The third kappa shape index (κ3) is 3.60. The van der Waals surface area contributed by atoms with Gasteiger partial charge in [0.05, 0.1) is 19.8 Å². The molecule has 3 rings (SSSR count). The molecular formula is C20H23FO3. The summed E-state index contributed by atoms with van der Waals surface area (Å²) >= 11 is 0. The van der Waals surface area contributed by atoms with E-state index in [9.17, 15) is 9.50 Å². The highest BCUT2D eigenvalue weighted by molar-refractivity contribution is 5.33. The van der Waals surface area contributed by atoms with Crippen molar-refractivity contribution in [3.63, 3.8) is 0 Å². The maximum Gasteiger partial charge on any atom is 0.123 e. The highest BCUT2D eigenvalue weighted by Gasteiger charge is 2.41. The maximum absolute atomic E-state index is 13.0. The molecular weight excluding hydrogens is 307 g/mol. The number of rotatable bonds is 5. The predicted octanol–water partition coefficient (Wildman–Crippen LogP) is 4.18. The Labute approximate surface area is 142 Å². The summed E-state index contributed by atoms with van der Waals surface area (Å²) in [5, 5.41) is 11.3. The SMILES string of the molecule is COc1cccc(C2(O)CCCCC2OCc2ccc(F)cc2)c1. The molecule has 2 unspecified atom stereocenters. The van der Waals surface area contributed by atoms with Crippen molar-refractivity contribution >= 4 is 0 Å². The summed E-state index contributed by atoms with van der Waals surface area (Å²) in [6.07, 6.45) is 3.16. The third-order valence-corrected chi connectivity index (χ3v) is 4.74. The summed E-state index contributed by atoms with van der Waals surface area (Å²) in [5.41, 5.74) is 0.702. The molecule has 0 heterocycles. The number of methoxy groups -OCH3 is 1. The fourth-order valence-electron chi connectivity index (χ4n) is 3.35. The predicted molar refractivity (Wildman–Crippen MR) is 90.3 cm³/mol. The van der Waals surface area contributed by atoms with E-state index >= 15 is 0 Å². The second kappa shape index (κ2) is 7.32. The Kier molecular flexibility index (Phi) is 5.17. The standard InChI is InChI=1S/C20H23FO3/c1-23-18-6-4-5-16(13-18)20(22)12-3-2-7-19(20)24-14-15-8-10-17(21)11-9-15/h4-6,8-11,13,19,22H,2-3,7,12,14H2,1H3. The molecule has 0 bridgehead atoms. The van der Waals surface area contributed by atoms with Crippen molar-refractivity contribution in [3.05, 3.63) is 65.5 Å². The summed E-state index contributed by atoms with van der Waals surface area (Å²) in [5.74, 6) is 0.466. The molecule has 0 saturated heterocycles. The van der Waals surface area contributed by atoms with Crippen LogP contribution in [0.3, 0.4) is 0 Å². The molecule has 0 aliphatic heterocycles. The van der Waals surface area contributed by atoms with Gasteiger partial charge in [0.1, 0.15) is 17.2 Å². The highest BCUT2D eigenvalue weighted by Crippen LogP contribution is 2.40. The van der Waals surface area contributed by atoms with Gasteiger partial charge < -0.3 is 14.6 Å². The second-order valence-corrected chi connectivity index (χ2v) is 6.33. The minimum absolute atomic E-state index is 0.260. The zero-order chi connectivity index (χ0) is 17.0. The van der Waals surface area contributed by atoms with Gasteiger partial charge in [-0.1, -0.05) is 37.1 Å². The van der Waals surface area contributed by atoms with E-state index in [0.29, 0.717) is 13.0 Å². The van der Waals surface area contributed by atoms with Gasteiger partial charge in [-0.25, -0.2) is 4.39 Å². The van der Waals surface area contributed by atoms with Crippen LogP contribution in [-0.4, -0.2) is 18.3 Å². The number of hydrogen-bond acceptors (Lipinski definition) is 3. The lowest BCUT2D eigenvalue weighted by Crippen LogP contribution is -2.43. The minimum atomic E-state index is -1.02. The van der Waals surface area contributed by atoms with Gasteiger partial charge in [0.2, 0.25) is 0 Å². The first-order chi connectivity index (χ1) is 11.6. The van der Waals surface area contributed by atoms with Gasteiger partial charge >= 0.3 is 0 Å². The van der Waals surface area contributed by atoms with Gasteiger partial charge in [0.25, 0.3) is 0 Å². The van der Waals surface area contributed by atoms with E-state index in [0.717, 1.165) is 36.1 Å². The summed E-state index contributed by atoms with van der Waals surface area (Å²) in [4.78, 5) is 0. The van der Waals surface area contributed by atoms with E-state index in [2.05, 4.69) is 0 Å². The molecule has 1 aliphatic carbocycles. The zero-order valence-electron chi connectivity index (χ0n) is 13.9. The van der Waals surface area contributed by atoms with Crippen LogP contribution >= 0.6 is 0 Å². The minimum Gasteiger partial charge on any atom is -0.497 e. The van der Waals surface area contributed by atoms with Crippen LogP contribution in [0.1, 0.15) is 36.8 Å². The summed E-state index contributed by atoms with van der Waals surface area (Å²) < 4.78 is 24.3.